The fourth-order valence-corrected chi connectivity index (χ4v) is 11.2. The monoisotopic (exact) mass is 1140 g/mol. The molecule has 12 rings (SSSR count). The number of rotatable bonds is 12. The molecule has 5 heteroatoms. The third-order valence-corrected chi connectivity index (χ3v) is 15.0. The molecule has 0 fully saturated rings. The molecule has 0 saturated carbocycles. The van der Waals surface area contributed by atoms with Gasteiger partial charge in [0.2, 0.25) is 0 Å². The molecule has 0 saturated heterocycles. The predicted molar refractivity (Wildman–Crippen MR) is 323 cm³/mol. The molecule has 0 radical (unpaired) electrons. The minimum absolute atomic E-state index is 0. The fourth-order valence-electron chi connectivity index (χ4n) is 10.8. The summed E-state index contributed by atoms with van der Waals surface area (Å²) < 4.78 is 1.17. The first-order valence-electron chi connectivity index (χ1n) is 25.5. The molecule has 4 aliphatic carbocycles. The molecule has 3 N–H and O–H groups in total. The van der Waals surface area contributed by atoms with Gasteiger partial charge in [-0.15, -0.1) is 12.3 Å². The van der Waals surface area contributed by atoms with E-state index in [4.69, 9.17) is 21.7 Å². The van der Waals surface area contributed by atoms with Crippen LogP contribution in [0.3, 0.4) is 0 Å². The predicted octanol–water partition coefficient (Wildman–Crippen LogP) is 18.1. The smallest absolute Gasteiger partial charge is 0.0431 e. The number of aliphatic hydroxyl groups excluding tert-OH is 3. The first-order chi connectivity index (χ1) is 34.5. The Hall–Kier alpha value is -5.58. The van der Waals surface area contributed by atoms with E-state index in [2.05, 4.69) is 173 Å². The van der Waals surface area contributed by atoms with Crippen LogP contribution < -0.4 is 0 Å². The average Bonchev–Trinajstić information content (AvgIpc) is 3.40. The molecular weight excluding hydrogens is 1060 g/mol. The molecule has 0 aromatic heterocycles. The maximum absolute atomic E-state index is 8.89. The zero-order chi connectivity index (χ0) is 48.2. The summed E-state index contributed by atoms with van der Waals surface area (Å²) in [4.78, 5) is 0. The van der Waals surface area contributed by atoms with Crippen LogP contribution in [-0.2, 0) is 33.3 Å². The zero-order valence-electron chi connectivity index (χ0n) is 41.6. The normalized spacial score (nSPS) is 12.9. The molecule has 0 aliphatic heterocycles. The van der Waals surface area contributed by atoms with Crippen molar-refractivity contribution in [1.29, 1.82) is 0 Å². The Kier molecular flexibility index (Phi) is 23.2. The molecule has 0 heterocycles. The van der Waals surface area contributed by atoms with Crippen molar-refractivity contribution in [3.8, 4) is 24.2 Å². The van der Waals surface area contributed by atoms with Gasteiger partial charge in [0.05, 0.1) is 0 Å². The van der Waals surface area contributed by atoms with Crippen molar-refractivity contribution in [2.75, 3.05) is 19.8 Å². The van der Waals surface area contributed by atoms with Gasteiger partial charge in [0.1, 0.15) is 0 Å². The first kappa shape index (κ1) is 59.3. The van der Waals surface area contributed by atoms with Crippen LogP contribution in [0.1, 0.15) is 132 Å². The molecule has 8 aromatic rings. The topological polar surface area (TPSA) is 60.7 Å². The van der Waals surface area contributed by atoms with Gasteiger partial charge < -0.3 is 22.7 Å². The van der Waals surface area contributed by atoms with Gasteiger partial charge in [0.25, 0.3) is 0 Å². The Morgan fingerprint density at radius 1 is 0.473 bits per heavy atom. The first-order valence-corrected chi connectivity index (χ1v) is 26.3. The summed E-state index contributed by atoms with van der Waals surface area (Å²) in [6, 6.07) is 42.0. The number of benzene rings is 8. The number of aliphatic hydroxyl groups is 3. The molecule has 0 spiro atoms. The van der Waals surface area contributed by atoms with E-state index in [1.165, 1.54) is 133 Å². The van der Waals surface area contributed by atoms with E-state index in [1.54, 1.807) is 0 Å². The Bertz CT molecular complexity index is 3390. The van der Waals surface area contributed by atoms with E-state index in [0.29, 0.717) is 6.61 Å². The van der Waals surface area contributed by atoms with Crippen LogP contribution in [0.25, 0.3) is 76.2 Å². The summed E-state index contributed by atoms with van der Waals surface area (Å²) in [5.74, 6) is 9.14. The number of hydrogen-bond acceptors (Lipinski definition) is 3. The van der Waals surface area contributed by atoms with Gasteiger partial charge in [0, 0.05) is 63.1 Å². The van der Waals surface area contributed by atoms with Gasteiger partial charge in [0.15, 0.2) is 0 Å². The summed E-state index contributed by atoms with van der Waals surface area (Å²) in [7, 11) is 0. The van der Waals surface area contributed by atoms with E-state index < -0.39 is 0 Å². The summed E-state index contributed by atoms with van der Waals surface area (Å²) in [6.07, 6.45) is 29.6. The second kappa shape index (κ2) is 28.9. The van der Waals surface area contributed by atoms with Crippen LogP contribution in [0.15, 0.2) is 144 Å². The zero-order valence-corrected chi connectivity index (χ0v) is 44.8. The van der Waals surface area contributed by atoms with Crippen LogP contribution in [0.5, 0.6) is 0 Å². The molecule has 74 heavy (non-hydrogen) atoms. The molecule has 0 unspecified atom stereocenters. The van der Waals surface area contributed by atoms with Crippen LogP contribution in [0, 0.1) is 31.6 Å². The standard InChI is InChI=1S/C22H24O.C22H20O.C16H9Br.C6H10O.2CH4.CH3.Pd/c2*23-15-4-2-1-3-6-16-9-10-19-12-11-17-7-5-8-18-13-14-20(16)22(19)21(17)18;17-14-9-7-12-5-4-10-2-1-3-11-6-8-13(14)16(12)15(10)11;1-2-3-4-5-6-7;;;;/h5,7-9,12-14,23H,1-4,6,10-11,15H2;5,7-9,12-14,23H,1-2,4,10-11,15H2;1-9H;1,7H,3-6H2;2*1H4;1H3;/q;;;;;;-1;. The fraction of sp³-hybridized carbons (Fsp3) is 0.290. The van der Waals surface area contributed by atoms with E-state index >= 15 is 0 Å². The maximum Gasteiger partial charge on any atom is 0.0431 e. The van der Waals surface area contributed by atoms with Crippen molar-refractivity contribution in [1.82, 2.24) is 0 Å². The number of terminal acetylenes is 1. The van der Waals surface area contributed by atoms with E-state index in [1.807, 2.05) is 0 Å². The van der Waals surface area contributed by atoms with Crippen molar-refractivity contribution < 1.29 is 35.7 Å². The largest absolute Gasteiger partial charge is 0.396 e. The second-order valence-corrected chi connectivity index (χ2v) is 19.6. The van der Waals surface area contributed by atoms with Gasteiger partial charge in [-0.05, 0) is 181 Å². The van der Waals surface area contributed by atoms with Gasteiger partial charge in [-0.3, -0.25) is 0 Å². The molecule has 3 nitrogen and oxygen atoms in total. The number of unbranched alkanes of at least 4 members (excludes halogenated alkanes) is 7. The third-order valence-electron chi connectivity index (χ3n) is 14.3. The van der Waals surface area contributed by atoms with E-state index in [-0.39, 0.29) is 55.9 Å². The minimum Gasteiger partial charge on any atom is -0.396 e. The second-order valence-electron chi connectivity index (χ2n) is 18.8. The van der Waals surface area contributed by atoms with Crippen LogP contribution >= 0.6 is 15.9 Å². The van der Waals surface area contributed by atoms with E-state index in [9.17, 15) is 0 Å². The third kappa shape index (κ3) is 13.1. The average molecular weight is 1140 g/mol. The Balaban J connectivity index is 0.000000190. The Morgan fingerprint density at radius 2 is 0.959 bits per heavy atom. The summed E-state index contributed by atoms with van der Waals surface area (Å²) >= 11 is 3.64. The van der Waals surface area contributed by atoms with Crippen molar-refractivity contribution in [3.63, 3.8) is 0 Å². The SMILES string of the molecule is Brc1ccc2ccc3cccc4ccc1c2c34.C.C.C#CCCCCO.OCCCCC#CC1=CCC2=CCc3cccc4ccc1c2c34.OCCCCCCC1=CCC2=CCc3cccc4ccc1c2c34.[CH3-].[Pd]. The summed E-state index contributed by atoms with van der Waals surface area (Å²) in [6.45, 7) is 0.853. The molecule has 8 aromatic carbocycles. The summed E-state index contributed by atoms with van der Waals surface area (Å²) in [5.41, 5.74) is 14.3. The number of hydrogen-bond donors (Lipinski definition) is 3. The van der Waals surface area contributed by atoms with Crippen molar-refractivity contribution >= 4 is 92.1 Å². The van der Waals surface area contributed by atoms with Crippen LogP contribution in [0.2, 0.25) is 0 Å². The quantitative estimate of drug-likeness (QED) is 0.0376. The Labute approximate surface area is 464 Å². The van der Waals surface area contributed by atoms with Crippen LogP contribution in [0.4, 0.5) is 0 Å². The maximum atomic E-state index is 8.89. The van der Waals surface area contributed by atoms with E-state index in [0.717, 1.165) is 77.0 Å². The van der Waals surface area contributed by atoms with Crippen molar-refractivity contribution in [2.24, 2.45) is 0 Å². The van der Waals surface area contributed by atoms with Gasteiger partial charge in [-0.2, -0.15) is 0 Å². The molecule has 386 valence electrons. The number of allylic oxidation sites excluding steroid dienone is 8. The van der Waals surface area contributed by atoms with Gasteiger partial charge >= 0.3 is 0 Å². The molecule has 4 aliphatic rings. The molecule has 0 amide bonds. The molecule has 0 atom stereocenters. The number of halogens is 1. The van der Waals surface area contributed by atoms with Crippen molar-refractivity contribution in [2.45, 2.75) is 111 Å². The van der Waals surface area contributed by atoms with Crippen LogP contribution in [-0.4, -0.2) is 35.1 Å². The van der Waals surface area contributed by atoms with Gasteiger partial charge in [-0.25, -0.2) is 0 Å². The minimum atomic E-state index is 0. The molecule has 0 bridgehead atoms. The summed E-state index contributed by atoms with van der Waals surface area (Å²) in [5, 5.41) is 39.6. The van der Waals surface area contributed by atoms with Gasteiger partial charge in [-0.1, -0.05) is 189 Å². The Morgan fingerprint density at radius 3 is 1.58 bits per heavy atom. The van der Waals surface area contributed by atoms with Crippen molar-refractivity contribution in [3.05, 3.63) is 185 Å². The molecular formula is C69H74BrO3Pd-.